The molecular weight excluding hydrogens is 833 g/mol. The molecule has 1 nitrogen and oxygen atoms in total. The molecule has 0 amide bonds. The van der Waals surface area contributed by atoms with Crippen molar-refractivity contribution in [2.45, 2.75) is 413 Å². The summed E-state index contributed by atoms with van der Waals surface area (Å²) in [5, 5.41) is 0. The molecule has 0 spiro atoms. The molecule has 416 valence electrons. The highest BCUT2D eigenvalue weighted by molar-refractivity contribution is 4.65. The van der Waals surface area contributed by atoms with Crippen LogP contribution in [0.25, 0.3) is 0 Å². The van der Waals surface area contributed by atoms with Gasteiger partial charge < -0.3 is 4.74 Å². The first-order valence-corrected chi connectivity index (χ1v) is 33.9. The average Bonchev–Trinajstić information content (AvgIpc) is 3.36. The Kier molecular flexibility index (Phi) is 64.0. The van der Waals surface area contributed by atoms with Gasteiger partial charge in [-0.1, -0.05) is 387 Å². The zero-order valence-corrected chi connectivity index (χ0v) is 49.4. The average molecular weight is 972 g/mol. The van der Waals surface area contributed by atoms with Crippen molar-refractivity contribution in [1.82, 2.24) is 0 Å². The SMILES string of the molecule is CCCCCCCCCCCCCCCCC(CCCCCCCCCCCCCCCC)COCC(CCCCCCCCCCCCCCCC)CCCCCCCCCCCCCCCC. The van der Waals surface area contributed by atoms with E-state index in [-0.39, 0.29) is 0 Å². The zero-order valence-electron chi connectivity index (χ0n) is 49.4. The van der Waals surface area contributed by atoms with Crippen LogP contribution in [0.15, 0.2) is 0 Å². The maximum absolute atomic E-state index is 6.84. The zero-order chi connectivity index (χ0) is 49.7. The second kappa shape index (κ2) is 64.1. The molecular formula is C68H138O. The lowest BCUT2D eigenvalue weighted by Crippen LogP contribution is -2.16. The van der Waals surface area contributed by atoms with Crippen molar-refractivity contribution in [3.8, 4) is 0 Å². The van der Waals surface area contributed by atoms with Gasteiger partial charge in [-0.15, -0.1) is 0 Å². The van der Waals surface area contributed by atoms with Crippen LogP contribution in [0.1, 0.15) is 413 Å². The molecule has 0 N–H and O–H groups in total. The van der Waals surface area contributed by atoms with Gasteiger partial charge in [0.2, 0.25) is 0 Å². The van der Waals surface area contributed by atoms with E-state index in [0.29, 0.717) is 0 Å². The Morgan fingerprint density at radius 2 is 0.275 bits per heavy atom. The molecule has 0 fully saturated rings. The highest BCUT2D eigenvalue weighted by atomic mass is 16.5. The van der Waals surface area contributed by atoms with Gasteiger partial charge in [-0.3, -0.25) is 0 Å². The highest BCUT2D eigenvalue weighted by Gasteiger charge is 2.14. The van der Waals surface area contributed by atoms with E-state index in [0.717, 1.165) is 25.0 Å². The minimum atomic E-state index is 0.794. The van der Waals surface area contributed by atoms with E-state index in [1.54, 1.807) is 0 Å². The molecule has 0 bridgehead atoms. The van der Waals surface area contributed by atoms with E-state index in [9.17, 15) is 0 Å². The van der Waals surface area contributed by atoms with Crippen molar-refractivity contribution in [3.05, 3.63) is 0 Å². The molecule has 0 aliphatic heterocycles. The number of hydrogen-bond acceptors (Lipinski definition) is 1. The molecule has 0 unspecified atom stereocenters. The van der Waals surface area contributed by atoms with Gasteiger partial charge in [0.25, 0.3) is 0 Å². The van der Waals surface area contributed by atoms with Crippen LogP contribution in [0.2, 0.25) is 0 Å². The fraction of sp³-hybridized carbons (Fsp3) is 1.00. The van der Waals surface area contributed by atoms with Gasteiger partial charge in [0.05, 0.1) is 0 Å². The van der Waals surface area contributed by atoms with E-state index in [2.05, 4.69) is 27.7 Å². The van der Waals surface area contributed by atoms with Crippen LogP contribution in [0.3, 0.4) is 0 Å². The van der Waals surface area contributed by atoms with Crippen molar-refractivity contribution < 1.29 is 4.74 Å². The van der Waals surface area contributed by atoms with Crippen LogP contribution < -0.4 is 0 Å². The predicted octanol–water partition coefficient (Wildman–Crippen LogP) is 25.7. The molecule has 0 aromatic rings. The van der Waals surface area contributed by atoms with Gasteiger partial charge in [-0.25, -0.2) is 0 Å². The van der Waals surface area contributed by atoms with Gasteiger partial charge in [0, 0.05) is 13.2 Å². The summed E-state index contributed by atoms with van der Waals surface area (Å²) >= 11 is 0. The largest absolute Gasteiger partial charge is 0.381 e. The maximum Gasteiger partial charge on any atom is 0.0494 e. The molecule has 0 aliphatic carbocycles. The fourth-order valence-corrected chi connectivity index (χ4v) is 11.5. The third-order valence-electron chi connectivity index (χ3n) is 16.6. The molecule has 0 atom stereocenters. The topological polar surface area (TPSA) is 9.23 Å². The van der Waals surface area contributed by atoms with Crippen molar-refractivity contribution in [1.29, 1.82) is 0 Å². The maximum atomic E-state index is 6.84. The summed E-state index contributed by atoms with van der Waals surface area (Å²) in [7, 11) is 0. The smallest absolute Gasteiger partial charge is 0.0494 e. The summed E-state index contributed by atoms with van der Waals surface area (Å²) in [4.78, 5) is 0. The Balaban J connectivity index is 4.75. The van der Waals surface area contributed by atoms with Gasteiger partial charge in [-0.2, -0.15) is 0 Å². The van der Waals surface area contributed by atoms with E-state index in [1.807, 2.05) is 0 Å². The van der Waals surface area contributed by atoms with Crippen molar-refractivity contribution in [2.24, 2.45) is 11.8 Å². The monoisotopic (exact) mass is 971 g/mol. The molecule has 1 heteroatoms. The fourth-order valence-electron chi connectivity index (χ4n) is 11.5. The molecule has 0 heterocycles. The first-order valence-electron chi connectivity index (χ1n) is 33.9. The van der Waals surface area contributed by atoms with Gasteiger partial charge in [0.15, 0.2) is 0 Å². The number of ether oxygens (including phenoxy) is 1. The number of hydrogen-bond donors (Lipinski definition) is 0. The molecule has 69 heavy (non-hydrogen) atoms. The van der Waals surface area contributed by atoms with Crippen LogP contribution in [-0.4, -0.2) is 13.2 Å². The Morgan fingerprint density at radius 3 is 0.406 bits per heavy atom. The third kappa shape index (κ3) is 60.4. The highest BCUT2D eigenvalue weighted by Crippen LogP contribution is 2.25. The molecule has 0 radical (unpaired) electrons. The van der Waals surface area contributed by atoms with E-state index in [1.165, 1.54) is 385 Å². The summed E-state index contributed by atoms with van der Waals surface area (Å²) < 4.78 is 6.84. The minimum Gasteiger partial charge on any atom is -0.381 e. The van der Waals surface area contributed by atoms with Crippen molar-refractivity contribution in [3.63, 3.8) is 0 Å². The van der Waals surface area contributed by atoms with E-state index < -0.39 is 0 Å². The Hall–Kier alpha value is -0.0400. The van der Waals surface area contributed by atoms with Crippen LogP contribution in [0.5, 0.6) is 0 Å². The normalized spacial score (nSPS) is 11.9. The summed E-state index contributed by atoms with van der Waals surface area (Å²) in [6.07, 6.45) is 87.3. The minimum absolute atomic E-state index is 0.794. The second-order valence-corrected chi connectivity index (χ2v) is 23.8. The Labute approximate surface area is 440 Å². The molecule has 0 saturated carbocycles. The Bertz CT molecular complexity index is 719. The second-order valence-electron chi connectivity index (χ2n) is 23.8. The molecule has 0 rings (SSSR count). The summed E-state index contributed by atoms with van der Waals surface area (Å²) in [6.45, 7) is 11.4. The first kappa shape index (κ1) is 69.0. The summed E-state index contributed by atoms with van der Waals surface area (Å²) in [6, 6.07) is 0. The lowest BCUT2D eigenvalue weighted by Gasteiger charge is -2.21. The molecule has 0 aromatic carbocycles. The lowest BCUT2D eigenvalue weighted by atomic mass is 9.93. The predicted molar refractivity (Wildman–Crippen MR) is 318 cm³/mol. The van der Waals surface area contributed by atoms with Gasteiger partial charge in [-0.05, 0) is 37.5 Å². The van der Waals surface area contributed by atoms with Crippen molar-refractivity contribution in [2.75, 3.05) is 13.2 Å². The molecule has 0 aromatic heterocycles. The number of rotatable bonds is 64. The van der Waals surface area contributed by atoms with Crippen LogP contribution in [-0.2, 0) is 4.74 Å². The lowest BCUT2D eigenvalue weighted by molar-refractivity contribution is 0.0586. The van der Waals surface area contributed by atoms with E-state index in [4.69, 9.17) is 4.74 Å². The molecule has 0 aliphatic rings. The molecule has 0 saturated heterocycles. The summed E-state index contributed by atoms with van der Waals surface area (Å²) in [5.41, 5.74) is 0. The van der Waals surface area contributed by atoms with E-state index >= 15 is 0 Å². The first-order chi connectivity index (χ1) is 34.3. The van der Waals surface area contributed by atoms with Crippen LogP contribution in [0, 0.1) is 11.8 Å². The third-order valence-corrected chi connectivity index (χ3v) is 16.6. The van der Waals surface area contributed by atoms with Crippen molar-refractivity contribution >= 4 is 0 Å². The van der Waals surface area contributed by atoms with Crippen LogP contribution in [0.4, 0.5) is 0 Å². The van der Waals surface area contributed by atoms with Gasteiger partial charge >= 0.3 is 0 Å². The quantitative estimate of drug-likeness (QED) is 0.0552. The van der Waals surface area contributed by atoms with Gasteiger partial charge in [0.1, 0.15) is 0 Å². The Morgan fingerprint density at radius 1 is 0.159 bits per heavy atom. The number of unbranched alkanes of at least 4 members (excludes halogenated alkanes) is 52. The van der Waals surface area contributed by atoms with Crippen LogP contribution >= 0.6 is 0 Å². The summed E-state index contributed by atoms with van der Waals surface area (Å²) in [5.74, 6) is 1.59. The standard InChI is InChI=1S/C68H138O/c1-5-9-13-17-21-25-29-33-37-41-45-49-53-57-61-67(62-58-54-50-46-42-38-34-30-26-22-18-14-10-6-2)65-69-66-68(63-59-55-51-47-43-39-35-31-27-23-19-15-11-7-3)64-60-56-52-48-44-40-36-32-28-24-20-16-12-8-4/h67-68H,5-66H2,1-4H3.